The van der Waals surface area contributed by atoms with Crippen LogP contribution in [0.25, 0.3) is 11.1 Å². The number of hydrogen-bond acceptors (Lipinski definition) is 5. The van der Waals surface area contributed by atoms with E-state index in [0.717, 1.165) is 56.5 Å². The molecule has 1 aliphatic carbocycles. The number of aryl methyl sites for hydroxylation is 2. The highest BCUT2D eigenvalue weighted by atomic mass is 32.1. The normalized spacial score (nSPS) is 14.8. The van der Waals surface area contributed by atoms with E-state index >= 15 is 0 Å². The van der Waals surface area contributed by atoms with Gasteiger partial charge in [0.2, 0.25) is 0 Å². The van der Waals surface area contributed by atoms with Crippen LogP contribution in [-0.2, 0) is 0 Å². The fourth-order valence-corrected chi connectivity index (χ4v) is 4.45. The Kier molecular flexibility index (Phi) is 4.15. The lowest BCUT2D eigenvalue weighted by molar-refractivity contribution is 0.102. The van der Waals surface area contributed by atoms with Crippen molar-refractivity contribution in [2.75, 3.05) is 0 Å². The van der Waals surface area contributed by atoms with Crippen LogP contribution >= 0.6 is 11.3 Å². The first-order chi connectivity index (χ1) is 12.5. The van der Waals surface area contributed by atoms with Crippen molar-refractivity contribution in [1.29, 1.82) is 0 Å². The zero-order valence-corrected chi connectivity index (χ0v) is 16.2. The topological polar surface area (TPSA) is 60.4 Å². The summed E-state index contributed by atoms with van der Waals surface area (Å²) >= 11 is 1.49. The number of ketones is 1. The third-order valence-electron chi connectivity index (χ3n) is 4.74. The molecule has 0 amide bonds. The summed E-state index contributed by atoms with van der Waals surface area (Å²) in [4.78, 5) is 18.4. The van der Waals surface area contributed by atoms with Crippen molar-refractivity contribution >= 4 is 22.8 Å². The SMILES string of the molecule is CC(=O)c1sc(=Nc2ccc(-c3c(C)noc3C)cc2)n(C2CC2)c1C. The molecule has 0 spiro atoms. The maximum atomic E-state index is 11.9. The van der Waals surface area contributed by atoms with Gasteiger partial charge in [0.15, 0.2) is 10.6 Å². The van der Waals surface area contributed by atoms with E-state index < -0.39 is 0 Å². The van der Waals surface area contributed by atoms with Gasteiger partial charge in [-0.2, -0.15) is 0 Å². The average Bonchev–Trinajstić information content (AvgIpc) is 3.31. The number of Topliss-reactive ketones (excluding diaryl/α,β-unsaturated/α-hetero) is 1. The lowest BCUT2D eigenvalue weighted by Crippen LogP contribution is -2.14. The first-order valence-electron chi connectivity index (χ1n) is 8.76. The maximum absolute atomic E-state index is 11.9. The second-order valence-electron chi connectivity index (χ2n) is 6.81. The summed E-state index contributed by atoms with van der Waals surface area (Å²) in [6.07, 6.45) is 2.32. The van der Waals surface area contributed by atoms with Crippen LogP contribution in [0.4, 0.5) is 5.69 Å². The summed E-state index contributed by atoms with van der Waals surface area (Å²) in [5.41, 5.74) is 4.92. The van der Waals surface area contributed by atoms with Crippen molar-refractivity contribution in [3.8, 4) is 11.1 Å². The van der Waals surface area contributed by atoms with Crippen LogP contribution in [0.3, 0.4) is 0 Å². The van der Waals surface area contributed by atoms with E-state index in [0.29, 0.717) is 6.04 Å². The molecule has 3 aromatic rings. The van der Waals surface area contributed by atoms with Crippen LogP contribution in [0, 0.1) is 20.8 Å². The van der Waals surface area contributed by atoms with Crippen molar-refractivity contribution in [3.05, 3.63) is 51.1 Å². The van der Waals surface area contributed by atoms with Gasteiger partial charge in [0.05, 0.1) is 16.3 Å². The van der Waals surface area contributed by atoms with E-state index in [9.17, 15) is 4.79 Å². The summed E-state index contributed by atoms with van der Waals surface area (Å²) in [5.74, 6) is 0.927. The summed E-state index contributed by atoms with van der Waals surface area (Å²) in [6.45, 7) is 7.51. The molecule has 0 unspecified atom stereocenters. The number of rotatable bonds is 4. The predicted octanol–water partition coefficient (Wildman–Crippen LogP) is 4.90. The van der Waals surface area contributed by atoms with Crippen molar-refractivity contribution in [2.45, 2.75) is 46.6 Å². The standard InChI is InChI=1S/C20H21N3O2S/c1-11-18(14(4)25-22-11)15-5-7-16(8-6-15)21-20-23(17-9-10-17)12(2)19(26-20)13(3)24/h5-8,17H,9-10H2,1-4H3. The molecule has 2 heterocycles. The minimum Gasteiger partial charge on any atom is -0.361 e. The summed E-state index contributed by atoms with van der Waals surface area (Å²) < 4.78 is 7.48. The van der Waals surface area contributed by atoms with E-state index in [2.05, 4.69) is 9.72 Å². The minimum absolute atomic E-state index is 0.108. The van der Waals surface area contributed by atoms with Crippen LogP contribution in [0.1, 0.15) is 52.6 Å². The van der Waals surface area contributed by atoms with Crippen LogP contribution in [0.15, 0.2) is 33.8 Å². The van der Waals surface area contributed by atoms with E-state index in [1.165, 1.54) is 11.3 Å². The van der Waals surface area contributed by atoms with Gasteiger partial charge in [-0.1, -0.05) is 28.6 Å². The van der Waals surface area contributed by atoms with Gasteiger partial charge in [0.25, 0.3) is 0 Å². The number of carbonyl (C=O) groups excluding carboxylic acids is 1. The zero-order chi connectivity index (χ0) is 18.4. The minimum atomic E-state index is 0.108. The van der Waals surface area contributed by atoms with Gasteiger partial charge in [-0.05, 0) is 51.3 Å². The molecule has 0 saturated heterocycles. The molecule has 1 saturated carbocycles. The molecule has 0 bridgehead atoms. The summed E-state index contributed by atoms with van der Waals surface area (Å²) in [7, 11) is 0. The molecular weight excluding hydrogens is 346 g/mol. The Morgan fingerprint density at radius 1 is 1.23 bits per heavy atom. The number of carbonyl (C=O) groups is 1. The summed E-state index contributed by atoms with van der Waals surface area (Å²) in [6, 6.07) is 8.57. The highest BCUT2D eigenvalue weighted by Gasteiger charge is 2.28. The van der Waals surface area contributed by atoms with E-state index in [4.69, 9.17) is 9.52 Å². The largest absolute Gasteiger partial charge is 0.361 e. The lowest BCUT2D eigenvalue weighted by Gasteiger charge is -2.04. The summed E-state index contributed by atoms with van der Waals surface area (Å²) in [5, 5.41) is 4.02. The van der Waals surface area contributed by atoms with Gasteiger partial charge in [-0.3, -0.25) is 4.79 Å². The number of nitrogens with zero attached hydrogens (tertiary/aromatic N) is 3. The molecule has 134 valence electrons. The van der Waals surface area contributed by atoms with Gasteiger partial charge in [0.1, 0.15) is 5.76 Å². The Morgan fingerprint density at radius 3 is 2.46 bits per heavy atom. The molecule has 1 aliphatic rings. The van der Waals surface area contributed by atoms with E-state index in [1.807, 2.05) is 45.0 Å². The first kappa shape index (κ1) is 17.0. The average molecular weight is 367 g/mol. The second-order valence-corrected chi connectivity index (χ2v) is 7.79. The van der Waals surface area contributed by atoms with E-state index in [1.54, 1.807) is 6.92 Å². The molecule has 2 aromatic heterocycles. The molecule has 1 fully saturated rings. The molecule has 0 atom stereocenters. The third kappa shape index (κ3) is 2.94. The molecule has 1 aromatic carbocycles. The van der Waals surface area contributed by atoms with Crippen molar-refractivity contribution < 1.29 is 9.32 Å². The molecule has 5 nitrogen and oxygen atoms in total. The molecule has 0 radical (unpaired) electrons. The number of thiazole rings is 1. The van der Waals surface area contributed by atoms with Crippen molar-refractivity contribution in [1.82, 2.24) is 9.72 Å². The predicted molar refractivity (Wildman–Crippen MR) is 102 cm³/mol. The van der Waals surface area contributed by atoms with Gasteiger partial charge < -0.3 is 9.09 Å². The van der Waals surface area contributed by atoms with Crippen molar-refractivity contribution in [3.63, 3.8) is 0 Å². The fraction of sp³-hybridized carbons (Fsp3) is 0.350. The Balaban J connectivity index is 1.75. The van der Waals surface area contributed by atoms with Crippen LogP contribution in [-0.4, -0.2) is 15.5 Å². The van der Waals surface area contributed by atoms with Crippen molar-refractivity contribution in [2.24, 2.45) is 4.99 Å². The Bertz CT molecular complexity index is 1030. The third-order valence-corrected chi connectivity index (χ3v) is 5.99. The highest BCUT2D eigenvalue weighted by molar-refractivity contribution is 7.11. The molecular formula is C20H21N3O2S. The quantitative estimate of drug-likeness (QED) is 0.616. The number of hydrogen-bond donors (Lipinski definition) is 0. The second kappa shape index (κ2) is 6.36. The van der Waals surface area contributed by atoms with Crippen LogP contribution < -0.4 is 4.80 Å². The molecule has 26 heavy (non-hydrogen) atoms. The number of aromatic nitrogens is 2. The number of benzene rings is 1. The molecule has 4 rings (SSSR count). The van der Waals surface area contributed by atoms with Crippen LogP contribution in [0.2, 0.25) is 0 Å². The van der Waals surface area contributed by atoms with Gasteiger partial charge in [0, 0.05) is 24.2 Å². The molecule has 0 aliphatic heterocycles. The zero-order valence-electron chi connectivity index (χ0n) is 15.4. The molecule has 6 heteroatoms. The van der Waals surface area contributed by atoms with Gasteiger partial charge >= 0.3 is 0 Å². The van der Waals surface area contributed by atoms with E-state index in [-0.39, 0.29) is 5.78 Å². The van der Waals surface area contributed by atoms with Gasteiger partial charge in [-0.15, -0.1) is 0 Å². The Labute approximate surface area is 156 Å². The lowest BCUT2D eigenvalue weighted by atomic mass is 10.0. The maximum Gasteiger partial charge on any atom is 0.191 e. The highest BCUT2D eigenvalue weighted by Crippen LogP contribution is 2.36. The monoisotopic (exact) mass is 367 g/mol. The Hall–Kier alpha value is -2.47. The smallest absolute Gasteiger partial charge is 0.191 e. The molecule has 0 N–H and O–H groups in total. The van der Waals surface area contributed by atoms with Crippen LogP contribution in [0.5, 0.6) is 0 Å². The fourth-order valence-electron chi connectivity index (χ4n) is 3.34. The first-order valence-corrected chi connectivity index (χ1v) is 9.58. The Morgan fingerprint density at radius 2 is 1.92 bits per heavy atom. The van der Waals surface area contributed by atoms with Gasteiger partial charge in [-0.25, -0.2) is 4.99 Å².